The van der Waals surface area contributed by atoms with Crippen LogP contribution < -0.4 is 5.32 Å². The summed E-state index contributed by atoms with van der Waals surface area (Å²) in [5.41, 5.74) is 1.35. The third kappa shape index (κ3) is 2.41. The van der Waals surface area contributed by atoms with Crippen molar-refractivity contribution >= 4 is 17.5 Å². The standard InChI is InChI=1S/C16H15ClN2O/c17-14-7-2-1-6-13(14)16(8-9-16)15(20)19-11-12-5-3-4-10-18-12/h1-7,10H,8-9,11H2,(H,19,20). The molecule has 0 atom stereocenters. The maximum atomic E-state index is 12.5. The molecular formula is C16H15ClN2O. The fraction of sp³-hybridized carbons (Fsp3) is 0.250. The van der Waals surface area contributed by atoms with E-state index in [-0.39, 0.29) is 5.91 Å². The van der Waals surface area contributed by atoms with Gasteiger partial charge in [0.15, 0.2) is 0 Å². The van der Waals surface area contributed by atoms with E-state index in [1.54, 1.807) is 6.20 Å². The summed E-state index contributed by atoms with van der Waals surface area (Å²) < 4.78 is 0. The highest BCUT2D eigenvalue weighted by Crippen LogP contribution is 2.50. The van der Waals surface area contributed by atoms with Crippen molar-refractivity contribution in [3.05, 3.63) is 64.9 Å². The fourth-order valence-corrected chi connectivity index (χ4v) is 2.75. The van der Waals surface area contributed by atoms with E-state index in [1.165, 1.54) is 0 Å². The lowest BCUT2D eigenvalue weighted by Crippen LogP contribution is -2.34. The van der Waals surface area contributed by atoms with Crippen LogP contribution in [-0.2, 0) is 16.8 Å². The van der Waals surface area contributed by atoms with E-state index in [1.807, 2.05) is 42.5 Å². The van der Waals surface area contributed by atoms with Gasteiger partial charge in [-0.25, -0.2) is 0 Å². The maximum Gasteiger partial charge on any atom is 0.231 e. The van der Waals surface area contributed by atoms with Gasteiger partial charge in [-0.05, 0) is 36.6 Å². The number of nitrogens with one attached hydrogen (secondary N) is 1. The Kier molecular flexibility index (Phi) is 3.45. The summed E-state index contributed by atoms with van der Waals surface area (Å²) in [5.74, 6) is 0.0382. The number of nitrogens with zero attached hydrogens (tertiary/aromatic N) is 1. The lowest BCUT2D eigenvalue weighted by Gasteiger charge is -2.16. The Hall–Kier alpha value is -1.87. The molecule has 1 saturated carbocycles. The van der Waals surface area contributed by atoms with Crippen LogP contribution >= 0.6 is 11.6 Å². The number of benzene rings is 1. The molecule has 102 valence electrons. The van der Waals surface area contributed by atoms with Gasteiger partial charge < -0.3 is 5.32 Å². The summed E-state index contributed by atoms with van der Waals surface area (Å²) in [6.07, 6.45) is 3.43. The molecule has 1 amide bonds. The molecule has 1 aliphatic carbocycles. The van der Waals surface area contributed by atoms with Crippen LogP contribution in [0.1, 0.15) is 24.1 Å². The maximum absolute atomic E-state index is 12.5. The van der Waals surface area contributed by atoms with Crippen LogP contribution in [0.5, 0.6) is 0 Å². The van der Waals surface area contributed by atoms with Crippen LogP contribution in [0.2, 0.25) is 5.02 Å². The molecule has 1 fully saturated rings. The molecule has 0 spiro atoms. The smallest absolute Gasteiger partial charge is 0.231 e. The summed E-state index contributed by atoms with van der Waals surface area (Å²) in [7, 11) is 0. The van der Waals surface area contributed by atoms with Crippen LogP contribution in [0.4, 0.5) is 0 Å². The lowest BCUT2D eigenvalue weighted by atomic mass is 9.95. The lowest BCUT2D eigenvalue weighted by molar-refractivity contribution is -0.123. The number of hydrogen-bond donors (Lipinski definition) is 1. The van der Waals surface area contributed by atoms with Crippen LogP contribution in [0.25, 0.3) is 0 Å². The Morgan fingerprint density at radius 3 is 2.60 bits per heavy atom. The zero-order valence-corrected chi connectivity index (χ0v) is 11.7. The summed E-state index contributed by atoms with van der Waals surface area (Å²) in [6.45, 7) is 0.450. The summed E-state index contributed by atoms with van der Waals surface area (Å²) in [4.78, 5) is 16.7. The van der Waals surface area contributed by atoms with Crippen LogP contribution in [-0.4, -0.2) is 10.9 Å². The number of aromatic nitrogens is 1. The van der Waals surface area contributed by atoms with E-state index in [2.05, 4.69) is 10.3 Å². The van der Waals surface area contributed by atoms with Gasteiger partial charge in [-0.2, -0.15) is 0 Å². The number of hydrogen-bond acceptors (Lipinski definition) is 2. The molecule has 1 heterocycles. The first kappa shape index (κ1) is 13.1. The van der Waals surface area contributed by atoms with Gasteiger partial charge in [0.25, 0.3) is 0 Å². The summed E-state index contributed by atoms with van der Waals surface area (Å²) in [6, 6.07) is 13.3. The fourth-order valence-electron chi connectivity index (χ4n) is 2.44. The van der Waals surface area contributed by atoms with E-state index >= 15 is 0 Å². The second-order valence-corrected chi connectivity index (χ2v) is 5.47. The Morgan fingerprint density at radius 2 is 1.95 bits per heavy atom. The monoisotopic (exact) mass is 286 g/mol. The zero-order valence-electron chi connectivity index (χ0n) is 11.0. The largest absolute Gasteiger partial charge is 0.350 e. The van der Waals surface area contributed by atoms with Gasteiger partial charge in [-0.1, -0.05) is 35.9 Å². The zero-order chi connectivity index (χ0) is 14.0. The van der Waals surface area contributed by atoms with Gasteiger partial charge in [-0.3, -0.25) is 9.78 Å². The summed E-state index contributed by atoms with van der Waals surface area (Å²) in [5, 5.41) is 3.63. The minimum absolute atomic E-state index is 0.0382. The molecule has 3 nitrogen and oxygen atoms in total. The van der Waals surface area contributed by atoms with Crippen molar-refractivity contribution in [3.8, 4) is 0 Å². The van der Waals surface area contributed by atoms with Crippen molar-refractivity contribution in [3.63, 3.8) is 0 Å². The SMILES string of the molecule is O=C(NCc1ccccn1)C1(c2ccccc2Cl)CC1. The average Bonchev–Trinajstić information content (AvgIpc) is 3.28. The normalized spacial score (nSPS) is 15.7. The molecule has 0 unspecified atom stereocenters. The molecule has 0 saturated heterocycles. The molecule has 0 bridgehead atoms. The van der Waals surface area contributed by atoms with Crippen molar-refractivity contribution in [1.29, 1.82) is 0 Å². The van der Waals surface area contributed by atoms with E-state index in [0.29, 0.717) is 11.6 Å². The van der Waals surface area contributed by atoms with Gasteiger partial charge in [0.1, 0.15) is 0 Å². The third-order valence-corrected chi connectivity index (χ3v) is 4.06. The third-order valence-electron chi connectivity index (χ3n) is 3.73. The molecule has 1 N–H and O–H groups in total. The first-order chi connectivity index (χ1) is 9.72. The van der Waals surface area contributed by atoms with Crippen molar-refractivity contribution in [2.24, 2.45) is 0 Å². The van der Waals surface area contributed by atoms with Crippen molar-refractivity contribution in [1.82, 2.24) is 10.3 Å². The van der Waals surface area contributed by atoms with Gasteiger partial charge in [0.2, 0.25) is 5.91 Å². The first-order valence-corrected chi connectivity index (χ1v) is 7.03. The second kappa shape index (κ2) is 5.25. The minimum atomic E-state index is -0.437. The second-order valence-electron chi connectivity index (χ2n) is 5.07. The quantitative estimate of drug-likeness (QED) is 0.938. The topological polar surface area (TPSA) is 42.0 Å². The van der Waals surface area contributed by atoms with Crippen LogP contribution in [0, 0.1) is 0 Å². The molecule has 4 heteroatoms. The van der Waals surface area contributed by atoms with Gasteiger partial charge in [0, 0.05) is 11.2 Å². The number of pyridine rings is 1. The average molecular weight is 287 g/mol. The van der Waals surface area contributed by atoms with Crippen molar-refractivity contribution in [2.45, 2.75) is 24.8 Å². The molecule has 1 aromatic carbocycles. The predicted molar refractivity (Wildman–Crippen MR) is 78.4 cm³/mol. The number of carbonyl (C=O) groups is 1. The number of halogens is 1. The number of rotatable bonds is 4. The Balaban J connectivity index is 1.73. The van der Waals surface area contributed by atoms with Crippen LogP contribution in [0.3, 0.4) is 0 Å². The first-order valence-electron chi connectivity index (χ1n) is 6.66. The highest BCUT2D eigenvalue weighted by Gasteiger charge is 2.52. The molecular weight excluding hydrogens is 272 g/mol. The minimum Gasteiger partial charge on any atom is -0.350 e. The molecule has 3 rings (SSSR count). The highest BCUT2D eigenvalue weighted by molar-refractivity contribution is 6.31. The van der Waals surface area contributed by atoms with Crippen LogP contribution in [0.15, 0.2) is 48.7 Å². The Labute approximate surface area is 123 Å². The predicted octanol–water partition coefficient (Wildman–Crippen LogP) is 3.08. The highest BCUT2D eigenvalue weighted by atomic mass is 35.5. The van der Waals surface area contributed by atoms with Gasteiger partial charge in [-0.15, -0.1) is 0 Å². The van der Waals surface area contributed by atoms with E-state index in [4.69, 9.17) is 11.6 Å². The van der Waals surface area contributed by atoms with Gasteiger partial charge >= 0.3 is 0 Å². The van der Waals surface area contributed by atoms with Crippen molar-refractivity contribution in [2.75, 3.05) is 0 Å². The molecule has 1 aromatic heterocycles. The van der Waals surface area contributed by atoms with Gasteiger partial charge in [0.05, 0.1) is 17.7 Å². The Morgan fingerprint density at radius 1 is 1.20 bits per heavy atom. The molecule has 2 aromatic rings. The molecule has 0 radical (unpaired) electrons. The van der Waals surface area contributed by atoms with E-state index in [9.17, 15) is 4.79 Å². The molecule has 1 aliphatic rings. The molecule has 20 heavy (non-hydrogen) atoms. The molecule has 0 aliphatic heterocycles. The summed E-state index contributed by atoms with van der Waals surface area (Å²) >= 11 is 6.22. The number of carbonyl (C=O) groups excluding carboxylic acids is 1. The van der Waals surface area contributed by atoms with E-state index in [0.717, 1.165) is 24.1 Å². The Bertz CT molecular complexity index is 623. The number of amides is 1. The van der Waals surface area contributed by atoms with E-state index < -0.39 is 5.41 Å². The van der Waals surface area contributed by atoms with Crippen molar-refractivity contribution < 1.29 is 4.79 Å².